The molecule has 28 heavy (non-hydrogen) atoms. The van der Waals surface area contributed by atoms with E-state index in [4.69, 9.17) is 23.2 Å². The van der Waals surface area contributed by atoms with Crippen LogP contribution in [0, 0.1) is 5.92 Å². The van der Waals surface area contributed by atoms with Gasteiger partial charge in [0.25, 0.3) is 0 Å². The predicted molar refractivity (Wildman–Crippen MR) is 111 cm³/mol. The fraction of sp³-hybridized carbons (Fsp3) is 0.632. The minimum atomic E-state index is -3.72. The number of sulfonamides is 1. The Morgan fingerprint density at radius 1 is 1.07 bits per heavy atom. The standard InChI is InChI=1S/C19H27Cl2N3O3S/c1-14-5-7-23(8-6-14)19(25)15(2)22-9-11-24(12-10-22)28(26,27)18-13-16(20)3-4-17(18)21/h3-4,13-15H,5-12H2,1-2H3. The van der Waals surface area contributed by atoms with E-state index in [2.05, 4.69) is 11.8 Å². The molecular weight excluding hydrogens is 421 g/mol. The number of halogens is 2. The zero-order valence-corrected chi connectivity index (χ0v) is 18.6. The number of amides is 1. The average molecular weight is 448 g/mol. The van der Waals surface area contributed by atoms with Crippen LogP contribution in [0.5, 0.6) is 0 Å². The molecular formula is C19H27Cl2N3O3S. The van der Waals surface area contributed by atoms with Gasteiger partial charge in [-0.2, -0.15) is 4.31 Å². The highest BCUT2D eigenvalue weighted by Gasteiger charge is 2.34. The molecule has 0 spiro atoms. The molecule has 2 aliphatic heterocycles. The molecule has 1 atom stereocenters. The molecule has 2 fully saturated rings. The zero-order valence-electron chi connectivity index (χ0n) is 16.3. The topological polar surface area (TPSA) is 60.9 Å². The van der Waals surface area contributed by atoms with Gasteiger partial charge in [-0.25, -0.2) is 8.42 Å². The lowest BCUT2D eigenvalue weighted by molar-refractivity contribution is -0.138. The summed E-state index contributed by atoms with van der Waals surface area (Å²) in [5, 5.41) is 0.492. The van der Waals surface area contributed by atoms with Gasteiger partial charge in [0.15, 0.2) is 0 Å². The predicted octanol–water partition coefficient (Wildman–Crippen LogP) is 2.95. The number of carbonyl (C=O) groups is 1. The first-order chi connectivity index (χ1) is 13.2. The van der Waals surface area contributed by atoms with E-state index < -0.39 is 10.0 Å². The van der Waals surface area contributed by atoms with Crippen molar-refractivity contribution in [1.82, 2.24) is 14.1 Å². The summed E-state index contributed by atoms with van der Waals surface area (Å²) in [7, 11) is -3.72. The smallest absolute Gasteiger partial charge is 0.244 e. The Morgan fingerprint density at radius 3 is 2.29 bits per heavy atom. The molecule has 0 N–H and O–H groups in total. The van der Waals surface area contributed by atoms with Gasteiger partial charge in [0.1, 0.15) is 4.90 Å². The van der Waals surface area contributed by atoms with Crippen LogP contribution >= 0.6 is 23.2 Å². The molecule has 2 aliphatic rings. The third kappa shape index (κ3) is 4.65. The van der Waals surface area contributed by atoms with Gasteiger partial charge in [0.05, 0.1) is 11.1 Å². The van der Waals surface area contributed by atoms with Gasteiger partial charge in [-0.05, 0) is 43.9 Å². The van der Waals surface area contributed by atoms with Crippen molar-refractivity contribution < 1.29 is 13.2 Å². The largest absolute Gasteiger partial charge is 0.341 e. The first-order valence-electron chi connectivity index (χ1n) is 9.68. The molecule has 0 bridgehead atoms. The summed E-state index contributed by atoms with van der Waals surface area (Å²) in [6.45, 7) is 7.41. The van der Waals surface area contributed by atoms with E-state index in [9.17, 15) is 13.2 Å². The monoisotopic (exact) mass is 447 g/mol. The van der Waals surface area contributed by atoms with Gasteiger partial charge in [-0.1, -0.05) is 30.1 Å². The van der Waals surface area contributed by atoms with Gasteiger partial charge in [-0.15, -0.1) is 0 Å². The Hall–Kier alpha value is -0.860. The molecule has 1 aromatic carbocycles. The number of likely N-dealkylation sites (tertiary alicyclic amines) is 1. The quantitative estimate of drug-likeness (QED) is 0.711. The Morgan fingerprint density at radius 2 is 1.68 bits per heavy atom. The van der Waals surface area contributed by atoms with Crippen molar-refractivity contribution in [2.24, 2.45) is 5.92 Å². The van der Waals surface area contributed by atoms with E-state index in [1.807, 2.05) is 11.8 Å². The van der Waals surface area contributed by atoms with Crippen LogP contribution < -0.4 is 0 Å². The molecule has 1 unspecified atom stereocenters. The normalized spacial score (nSPS) is 21.6. The second kappa shape index (κ2) is 8.88. The Kier molecular flexibility index (Phi) is 6.92. The van der Waals surface area contributed by atoms with E-state index in [1.165, 1.54) is 16.4 Å². The number of rotatable bonds is 4. The third-order valence-corrected chi connectivity index (χ3v) is 8.40. The molecule has 9 heteroatoms. The minimum Gasteiger partial charge on any atom is -0.341 e. The van der Waals surface area contributed by atoms with E-state index in [1.54, 1.807) is 6.07 Å². The number of hydrogen-bond donors (Lipinski definition) is 0. The maximum atomic E-state index is 12.9. The zero-order chi connectivity index (χ0) is 20.5. The Balaban J connectivity index is 1.62. The highest BCUT2D eigenvalue weighted by molar-refractivity contribution is 7.89. The van der Waals surface area contributed by atoms with Crippen molar-refractivity contribution in [2.75, 3.05) is 39.3 Å². The van der Waals surface area contributed by atoms with Crippen LogP contribution in [0.1, 0.15) is 26.7 Å². The van der Waals surface area contributed by atoms with Crippen LogP contribution in [0.2, 0.25) is 10.0 Å². The van der Waals surface area contributed by atoms with Gasteiger partial charge in [0.2, 0.25) is 15.9 Å². The fourth-order valence-electron chi connectivity index (χ4n) is 3.79. The lowest BCUT2D eigenvalue weighted by atomic mass is 9.98. The SMILES string of the molecule is CC1CCN(C(=O)C(C)N2CCN(S(=O)(=O)c3cc(Cl)ccc3Cl)CC2)CC1. The van der Waals surface area contributed by atoms with Crippen molar-refractivity contribution in [1.29, 1.82) is 0 Å². The summed E-state index contributed by atoms with van der Waals surface area (Å²) < 4.78 is 27.3. The van der Waals surface area contributed by atoms with Crippen molar-refractivity contribution in [3.8, 4) is 0 Å². The molecule has 6 nitrogen and oxygen atoms in total. The van der Waals surface area contributed by atoms with Crippen LogP contribution in [0.25, 0.3) is 0 Å². The number of carbonyl (C=O) groups excluding carboxylic acids is 1. The second-order valence-electron chi connectivity index (χ2n) is 7.70. The van der Waals surface area contributed by atoms with Crippen LogP contribution in [-0.4, -0.2) is 73.7 Å². The van der Waals surface area contributed by atoms with Crippen LogP contribution in [0.4, 0.5) is 0 Å². The maximum Gasteiger partial charge on any atom is 0.244 e. The van der Waals surface area contributed by atoms with Gasteiger partial charge < -0.3 is 4.90 Å². The summed E-state index contributed by atoms with van der Waals surface area (Å²) in [5.74, 6) is 0.813. The van der Waals surface area contributed by atoms with Crippen molar-refractivity contribution in [3.63, 3.8) is 0 Å². The molecule has 0 aliphatic carbocycles. The first-order valence-corrected chi connectivity index (χ1v) is 11.9. The highest BCUT2D eigenvalue weighted by Crippen LogP contribution is 2.28. The molecule has 2 heterocycles. The van der Waals surface area contributed by atoms with Crippen LogP contribution in [-0.2, 0) is 14.8 Å². The molecule has 1 aromatic rings. The van der Waals surface area contributed by atoms with Crippen molar-refractivity contribution >= 4 is 39.1 Å². The Labute approximate surface area is 177 Å². The lowest BCUT2D eigenvalue weighted by Gasteiger charge is -2.39. The summed E-state index contributed by atoms with van der Waals surface area (Å²) >= 11 is 12.0. The average Bonchev–Trinajstić information content (AvgIpc) is 2.69. The molecule has 156 valence electrons. The molecule has 0 aromatic heterocycles. The number of piperidine rings is 1. The van der Waals surface area contributed by atoms with Crippen molar-refractivity contribution in [3.05, 3.63) is 28.2 Å². The molecule has 1 amide bonds. The molecule has 2 saturated heterocycles. The van der Waals surface area contributed by atoms with Gasteiger partial charge in [0, 0.05) is 44.3 Å². The second-order valence-corrected chi connectivity index (χ2v) is 10.4. The molecule has 0 saturated carbocycles. The number of benzene rings is 1. The lowest BCUT2D eigenvalue weighted by Crippen LogP contribution is -2.56. The van der Waals surface area contributed by atoms with E-state index in [-0.39, 0.29) is 21.9 Å². The molecule has 0 radical (unpaired) electrons. The first kappa shape index (κ1) is 21.8. The van der Waals surface area contributed by atoms with E-state index in [0.717, 1.165) is 25.9 Å². The fourth-order valence-corrected chi connectivity index (χ4v) is 5.95. The Bertz CT molecular complexity index is 818. The number of piperazine rings is 1. The summed E-state index contributed by atoms with van der Waals surface area (Å²) in [5.41, 5.74) is 0. The maximum absolute atomic E-state index is 12.9. The van der Waals surface area contributed by atoms with Gasteiger partial charge in [-0.3, -0.25) is 9.69 Å². The van der Waals surface area contributed by atoms with Crippen LogP contribution in [0.15, 0.2) is 23.1 Å². The van der Waals surface area contributed by atoms with E-state index >= 15 is 0 Å². The third-order valence-electron chi connectivity index (χ3n) is 5.78. The number of hydrogen-bond acceptors (Lipinski definition) is 4. The van der Waals surface area contributed by atoms with Crippen LogP contribution in [0.3, 0.4) is 0 Å². The van der Waals surface area contributed by atoms with Gasteiger partial charge >= 0.3 is 0 Å². The van der Waals surface area contributed by atoms with E-state index in [0.29, 0.717) is 37.1 Å². The summed E-state index contributed by atoms with van der Waals surface area (Å²) in [6.07, 6.45) is 2.09. The molecule has 3 rings (SSSR count). The number of nitrogens with zero attached hydrogens (tertiary/aromatic N) is 3. The minimum absolute atomic E-state index is 0.0293. The summed E-state index contributed by atoms with van der Waals surface area (Å²) in [4.78, 5) is 16.8. The highest BCUT2D eigenvalue weighted by atomic mass is 35.5. The van der Waals surface area contributed by atoms with Crippen molar-refractivity contribution in [2.45, 2.75) is 37.6 Å². The summed E-state index contributed by atoms with van der Waals surface area (Å²) in [6, 6.07) is 4.20.